The number of aliphatic hydroxyl groups is 1. The second kappa shape index (κ2) is 11.7. The van der Waals surface area contributed by atoms with Crippen molar-refractivity contribution in [2.45, 2.75) is 38.8 Å². The van der Waals surface area contributed by atoms with Crippen molar-refractivity contribution in [3.63, 3.8) is 0 Å². The molecule has 2 aliphatic rings. The molecule has 2 aliphatic heterocycles. The quantitative estimate of drug-likeness (QED) is 0.296. The number of likely N-dealkylation sites (N-methyl/N-ethyl adjacent to an activating group) is 1. The van der Waals surface area contributed by atoms with Crippen LogP contribution in [-0.4, -0.2) is 68.9 Å². The highest BCUT2D eigenvalue weighted by Crippen LogP contribution is 2.34. The first-order chi connectivity index (χ1) is 21.5. The minimum atomic E-state index is -0.711. The Balaban J connectivity index is 1.34. The Kier molecular flexibility index (Phi) is 7.85. The molecule has 1 aromatic carbocycles. The normalized spacial score (nSPS) is 17.6. The fraction of sp³-hybridized carbons (Fsp3) is 0.344. The molecule has 0 radical (unpaired) electrons. The molecule has 0 spiro atoms. The highest BCUT2D eigenvalue weighted by molar-refractivity contribution is 5.95. The zero-order valence-corrected chi connectivity index (χ0v) is 25.7. The van der Waals surface area contributed by atoms with Crippen LogP contribution in [0.4, 0.5) is 15.9 Å². The molecular weight excluding hydrogens is 577 g/mol. The van der Waals surface area contributed by atoms with Gasteiger partial charge in [-0.2, -0.15) is 9.78 Å². The molecule has 45 heavy (non-hydrogen) atoms. The molecule has 4 N–H and O–H groups in total. The third-order valence-electron chi connectivity index (χ3n) is 8.40. The van der Waals surface area contributed by atoms with Gasteiger partial charge in [-0.05, 0) is 47.9 Å². The minimum Gasteiger partial charge on any atom is -0.391 e. The number of benzene rings is 1. The lowest BCUT2D eigenvalue weighted by atomic mass is 9.86. The Morgan fingerprint density at radius 2 is 1.87 bits per heavy atom. The van der Waals surface area contributed by atoms with Gasteiger partial charge in [0, 0.05) is 55.7 Å². The van der Waals surface area contributed by atoms with Gasteiger partial charge >= 0.3 is 0 Å². The van der Waals surface area contributed by atoms with Crippen LogP contribution >= 0.6 is 0 Å². The maximum absolute atomic E-state index is 15.3. The largest absolute Gasteiger partial charge is 0.391 e. The molecule has 13 heteroatoms. The van der Waals surface area contributed by atoms with Crippen LogP contribution < -0.4 is 26.6 Å². The Morgan fingerprint density at radius 1 is 1.11 bits per heavy atom. The zero-order chi connectivity index (χ0) is 32.0. The summed E-state index contributed by atoms with van der Waals surface area (Å²) in [7, 11) is 2.09. The molecule has 1 atom stereocenters. The topological polar surface area (TPSA) is 146 Å². The maximum atomic E-state index is 15.3. The number of pyridine rings is 2. The number of carbonyl (C=O) groups excluding carboxylic acids is 1. The van der Waals surface area contributed by atoms with E-state index in [2.05, 4.69) is 37.3 Å². The number of aliphatic hydroxyl groups excluding tert-OH is 1. The summed E-state index contributed by atoms with van der Waals surface area (Å²) in [6.45, 7) is 9.00. The van der Waals surface area contributed by atoms with Crippen molar-refractivity contribution >= 4 is 28.2 Å². The van der Waals surface area contributed by atoms with Crippen LogP contribution in [0.3, 0.4) is 0 Å². The van der Waals surface area contributed by atoms with Crippen molar-refractivity contribution < 1.29 is 14.3 Å². The molecule has 12 nitrogen and oxygen atoms in total. The number of piperazine rings is 1. The van der Waals surface area contributed by atoms with Crippen LogP contribution in [0, 0.1) is 5.82 Å². The number of nitrogens with one attached hydrogen (secondary N) is 1. The van der Waals surface area contributed by atoms with Crippen LogP contribution in [0.25, 0.3) is 16.6 Å². The van der Waals surface area contributed by atoms with Crippen molar-refractivity contribution in [1.29, 1.82) is 0 Å². The fourth-order valence-corrected chi connectivity index (χ4v) is 5.70. The Hall–Kier alpha value is -4.72. The number of halogens is 1. The summed E-state index contributed by atoms with van der Waals surface area (Å²) in [6.07, 6.45) is 6.12. The van der Waals surface area contributed by atoms with E-state index in [9.17, 15) is 14.7 Å². The third-order valence-corrected chi connectivity index (χ3v) is 8.40. The zero-order valence-electron chi connectivity index (χ0n) is 25.7. The highest BCUT2D eigenvalue weighted by Gasteiger charge is 2.32. The van der Waals surface area contributed by atoms with E-state index in [-0.39, 0.29) is 27.8 Å². The van der Waals surface area contributed by atoms with Crippen molar-refractivity contribution in [1.82, 2.24) is 30.1 Å². The minimum absolute atomic E-state index is 0.0265. The number of nitrogens with zero attached hydrogens (tertiary/aromatic N) is 7. The van der Waals surface area contributed by atoms with Gasteiger partial charge in [0.2, 0.25) is 5.91 Å². The number of anilines is 2. The molecule has 1 amide bonds. The van der Waals surface area contributed by atoms with Gasteiger partial charge < -0.3 is 20.6 Å². The summed E-state index contributed by atoms with van der Waals surface area (Å²) in [4.78, 5) is 39.6. The van der Waals surface area contributed by atoms with E-state index in [4.69, 9.17) is 5.73 Å². The number of carbonyl (C=O) groups is 1. The van der Waals surface area contributed by atoms with Gasteiger partial charge in [0.15, 0.2) is 5.82 Å². The number of hydrazine groups is 1. The van der Waals surface area contributed by atoms with E-state index < -0.39 is 29.9 Å². The van der Waals surface area contributed by atoms with E-state index in [1.54, 1.807) is 29.5 Å². The molecule has 5 heterocycles. The van der Waals surface area contributed by atoms with Crippen LogP contribution in [0.1, 0.15) is 43.5 Å². The number of amides is 1. The predicted molar refractivity (Wildman–Crippen MR) is 169 cm³/mol. The number of primary amides is 1. The van der Waals surface area contributed by atoms with Crippen molar-refractivity contribution in [2.75, 3.05) is 43.1 Å². The number of hydrogen-bond donors (Lipinski definition) is 3. The standard InChI is InChI=1S/C32H36FN9O3/c1-32(2,3)21-13-20-16-37-42(31(45)27(20)24(33)14-21)30-23(18-43)25(7-8-35-30)41-17-22(29(34)44)28(38-41)19-5-6-26(36-15-19)40-11-9-39(4)10-12-40/h5-8,13-17,28,38,43H,9-12,18H2,1-4H3,(H2,34,44). The van der Waals surface area contributed by atoms with Gasteiger partial charge in [-0.25, -0.2) is 19.8 Å². The molecule has 6 rings (SSSR count). The van der Waals surface area contributed by atoms with E-state index in [1.165, 1.54) is 18.5 Å². The van der Waals surface area contributed by atoms with E-state index >= 15 is 4.39 Å². The van der Waals surface area contributed by atoms with Crippen LogP contribution in [-0.2, 0) is 16.8 Å². The Morgan fingerprint density at radius 3 is 2.51 bits per heavy atom. The second-order valence-electron chi connectivity index (χ2n) is 12.4. The summed E-state index contributed by atoms with van der Waals surface area (Å²) in [5.41, 5.74) is 10.4. The van der Waals surface area contributed by atoms with Crippen molar-refractivity contribution in [3.05, 3.63) is 93.6 Å². The molecular formula is C32H36FN9O3. The van der Waals surface area contributed by atoms with E-state index in [1.807, 2.05) is 32.9 Å². The molecule has 1 unspecified atom stereocenters. The molecule has 4 aromatic rings. The predicted octanol–water partition coefficient (Wildman–Crippen LogP) is 2.29. The number of hydrogen-bond acceptors (Lipinski definition) is 10. The first-order valence-corrected chi connectivity index (χ1v) is 14.7. The van der Waals surface area contributed by atoms with Gasteiger partial charge in [0.1, 0.15) is 11.6 Å². The summed E-state index contributed by atoms with van der Waals surface area (Å²) >= 11 is 0. The Bertz CT molecular complexity index is 1860. The molecule has 0 aliphatic carbocycles. The summed E-state index contributed by atoms with van der Waals surface area (Å²) in [5.74, 6) is -0.410. The first kappa shape index (κ1) is 30.3. The lowest BCUT2D eigenvalue weighted by molar-refractivity contribution is -0.114. The maximum Gasteiger partial charge on any atom is 0.283 e. The highest BCUT2D eigenvalue weighted by atomic mass is 19.1. The SMILES string of the molecule is CN1CCN(c2ccc(C3NN(c4ccnc(-n5ncc6cc(C(C)(C)C)cc(F)c6c5=O)c4CO)C=C3C(N)=O)cn2)CC1. The van der Waals surface area contributed by atoms with Crippen molar-refractivity contribution in [3.8, 4) is 5.82 Å². The van der Waals surface area contributed by atoms with Crippen LogP contribution in [0.2, 0.25) is 0 Å². The van der Waals surface area contributed by atoms with Gasteiger partial charge in [-0.15, -0.1) is 0 Å². The monoisotopic (exact) mass is 613 g/mol. The second-order valence-corrected chi connectivity index (χ2v) is 12.4. The van der Waals surface area contributed by atoms with Crippen LogP contribution in [0.15, 0.2) is 65.5 Å². The smallest absolute Gasteiger partial charge is 0.283 e. The van der Waals surface area contributed by atoms with E-state index in [0.717, 1.165) is 47.8 Å². The summed E-state index contributed by atoms with van der Waals surface area (Å²) in [5, 5.41) is 16.6. The van der Waals surface area contributed by atoms with Gasteiger partial charge in [0.25, 0.3) is 5.56 Å². The first-order valence-electron chi connectivity index (χ1n) is 14.7. The third kappa shape index (κ3) is 5.65. The van der Waals surface area contributed by atoms with Gasteiger partial charge in [0.05, 0.1) is 35.5 Å². The number of nitrogens with two attached hydrogens (primary N) is 1. The molecule has 1 saturated heterocycles. The van der Waals surface area contributed by atoms with E-state index in [0.29, 0.717) is 11.1 Å². The molecule has 234 valence electrons. The number of aromatic nitrogens is 4. The Labute approximate surface area is 259 Å². The van der Waals surface area contributed by atoms with Gasteiger partial charge in [-0.3, -0.25) is 14.6 Å². The summed E-state index contributed by atoms with van der Waals surface area (Å²) < 4.78 is 16.3. The summed E-state index contributed by atoms with van der Waals surface area (Å²) in [6, 6.07) is 7.95. The average molecular weight is 614 g/mol. The molecule has 1 fully saturated rings. The van der Waals surface area contributed by atoms with Crippen molar-refractivity contribution in [2.24, 2.45) is 5.73 Å². The lowest BCUT2D eigenvalue weighted by Crippen LogP contribution is -2.44. The molecule has 0 saturated carbocycles. The number of rotatable bonds is 6. The van der Waals surface area contributed by atoms with Gasteiger partial charge in [-0.1, -0.05) is 26.8 Å². The van der Waals surface area contributed by atoms with Crippen LogP contribution in [0.5, 0.6) is 0 Å². The lowest BCUT2D eigenvalue weighted by Gasteiger charge is -2.33. The number of fused-ring (bicyclic) bond motifs is 1. The fourth-order valence-electron chi connectivity index (χ4n) is 5.70. The molecule has 3 aromatic heterocycles. The molecule has 0 bridgehead atoms. The average Bonchev–Trinajstić information content (AvgIpc) is 3.47.